The lowest BCUT2D eigenvalue weighted by Gasteiger charge is -2.24. The fourth-order valence-electron chi connectivity index (χ4n) is 3.34. The van der Waals surface area contributed by atoms with E-state index in [0.717, 1.165) is 39.9 Å². The third-order valence-corrected chi connectivity index (χ3v) is 8.02. The number of hydrogen-bond acceptors (Lipinski definition) is 5. The highest BCUT2D eigenvalue weighted by atomic mass is 35.5. The molecule has 0 aliphatic carbocycles. The second kappa shape index (κ2) is 9.20. The fourth-order valence-corrected chi connectivity index (χ4v) is 6.07. The Labute approximate surface area is 193 Å². The first kappa shape index (κ1) is 21.5. The molecule has 0 saturated heterocycles. The molecule has 4 nitrogen and oxygen atoms in total. The zero-order valence-electron chi connectivity index (χ0n) is 16.7. The number of thiophene rings is 1. The Kier molecular flexibility index (Phi) is 6.60. The quantitative estimate of drug-likeness (QED) is 0.293. The molecule has 0 radical (unpaired) electrons. The Morgan fingerprint density at radius 1 is 1.00 bits per heavy atom. The fraction of sp³-hybridized carbons (Fsp3) is 0.273. The van der Waals surface area contributed by atoms with E-state index in [1.165, 1.54) is 22.7 Å². The molecule has 0 saturated carbocycles. The highest BCUT2D eigenvalue weighted by Gasteiger charge is 2.26. The van der Waals surface area contributed by atoms with Crippen LogP contribution in [0.5, 0.6) is 0 Å². The van der Waals surface area contributed by atoms with Crippen LogP contribution in [0.25, 0.3) is 20.3 Å². The first-order valence-electron chi connectivity index (χ1n) is 9.79. The Morgan fingerprint density at radius 2 is 1.77 bits per heavy atom. The summed E-state index contributed by atoms with van der Waals surface area (Å²) in [7, 11) is 0. The van der Waals surface area contributed by atoms with Crippen molar-refractivity contribution in [3.63, 3.8) is 0 Å². The number of aromatic nitrogens is 1. The summed E-state index contributed by atoms with van der Waals surface area (Å²) in [5.74, 6) is -0.112. The lowest BCUT2D eigenvalue weighted by atomic mass is 10.2. The summed E-state index contributed by atoms with van der Waals surface area (Å²) in [4.78, 5) is 23.0. The number of thiazole rings is 1. The van der Waals surface area contributed by atoms with Gasteiger partial charge in [0.05, 0.1) is 15.2 Å². The van der Waals surface area contributed by atoms with Crippen molar-refractivity contribution in [2.75, 3.05) is 31.1 Å². The van der Waals surface area contributed by atoms with Crippen molar-refractivity contribution in [3.8, 4) is 0 Å². The van der Waals surface area contributed by atoms with Crippen LogP contribution in [0.15, 0.2) is 42.5 Å². The van der Waals surface area contributed by atoms with Crippen LogP contribution in [-0.2, 0) is 0 Å². The first-order chi connectivity index (χ1) is 14.5. The number of carbonyl (C=O) groups is 1. The standard InChI is InChI=1S/C22H21Cl2N3OS2/c1-3-26(4-2)11-12-27(22-25-16-10-9-14(23)13-18(16)30-22)21(28)20-19(24)15-7-5-6-8-17(15)29-20/h5-10,13H,3-4,11-12H2,1-2H3. The van der Waals surface area contributed by atoms with Gasteiger partial charge in [-0.3, -0.25) is 9.69 Å². The van der Waals surface area contributed by atoms with E-state index in [-0.39, 0.29) is 5.91 Å². The largest absolute Gasteiger partial charge is 0.302 e. The van der Waals surface area contributed by atoms with Crippen LogP contribution in [-0.4, -0.2) is 42.0 Å². The Balaban J connectivity index is 1.74. The number of nitrogens with zero attached hydrogens (tertiary/aromatic N) is 3. The molecule has 4 aromatic rings. The van der Waals surface area contributed by atoms with Crippen LogP contribution in [0.3, 0.4) is 0 Å². The van der Waals surface area contributed by atoms with Crippen LogP contribution in [0.4, 0.5) is 5.13 Å². The second-order valence-electron chi connectivity index (χ2n) is 6.83. The summed E-state index contributed by atoms with van der Waals surface area (Å²) < 4.78 is 1.96. The molecule has 2 aromatic carbocycles. The van der Waals surface area contributed by atoms with Gasteiger partial charge in [0.1, 0.15) is 4.88 Å². The molecule has 4 rings (SSSR count). The molecule has 156 valence electrons. The van der Waals surface area contributed by atoms with Crippen LogP contribution in [0, 0.1) is 0 Å². The number of benzene rings is 2. The van der Waals surface area contributed by atoms with Gasteiger partial charge in [-0.1, -0.05) is 66.6 Å². The Bertz CT molecular complexity index is 1200. The summed E-state index contributed by atoms with van der Waals surface area (Å²) >= 11 is 15.7. The van der Waals surface area contributed by atoms with E-state index in [9.17, 15) is 4.79 Å². The van der Waals surface area contributed by atoms with Crippen LogP contribution in [0.1, 0.15) is 23.5 Å². The van der Waals surface area contributed by atoms with Crippen molar-refractivity contribution in [1.29, 1.82) is 0 Å². The minimum absolute atomic E-state index is 0.112. The topological polar surface area (TPSA) is 36.4 Å². The van der Waals surface area contributed by atoms with Crippen LogP contribution in [0.2, 0.25) is 10.0 Å². The van der Waals surface area contributed by atoms with Crippen LogP contribution < -0.4 is 4.90 Å². The average molecular weight is 478 g/mol. The number of likely N-dealkylation sites (N-methyl/N-ethyl adjacent to an activating group) is 1. The number of anilines is 1. The van der Waals surface area contributed by atoms with Gasteiger partial charge in [0.2, 0.25) is 0 Å². The van der Waals surface area contributed by atoms with Gasteiger partial charge < -0.3 is 4.90 Å². The highest BCUT2D eigenvalue weighted by Crippen LogP contribution is 2.38. The number of rotatable bonds is 7. The summed E-state index contributed by atoms with van der Waals surface area (Å²) in [6.45, 7) is 7.41. The molecule has 1 amide bonds. The smallest absolute Gasteiger partial charge is 0.271 e. The number of fused-ring (bicyclic) bond motifs is 2. The summed E-state index contributed by atoms with van der Waals surface area (Å²) in [5.41, 5.74) is 0.836. The van der Waals surface area contributed by atoms with E-state index >= 15 is 0 Å². The van der Waals surface area contributed by atoms with Crippen molar-refractivity contribution >= 4 is 77.2 Å². The van der Waals surface area contributed by atoms with Gasteiger partial charge in [-0.15, -0.1) is 11.3 Å². The Hall–Kier alpha value is -1.70. The molecule has 0 unspecified atom stereocenters. The van der Waals surface area contributed by atoms with E-state index < -0.39 is 0 Å². The van der Waals surface area contributed by atoms with Crippen molar-refractivity contribution in [2.45, 2.75) is 13.8 Å². The molecular weight excluding hydrogens is 457 g/mol. The maximum absolute atomic E-state index is 13.6. The highest BCUT2D eigenvalue weighted by molar-refractivity contribution is 7.23. The maximum atomic E-state index is 13.6. The van der Waals surface area contributed by atoms with Gasteiger partial charge in [-0.25, -0.2) is 4.98 Å². The lowest BCUT2D eigenvalue weighted by molar-refractivity contribution is 0.0988. The number of amides is 1. The number of carbonyl (C=O) groups excluding carboxylic acids is 1. The van der Waals surface area contributed by atoms with Gasteiger partial charge in [-0.2, -0.15) is 0 Å². The maximum Gasteiger partial charge on any atom is 0.271 e. The van der Waals surface area contributed by atoms with E-state index in [0.29, 0.717) is 26.6 Å². The summed E-state index contributed by atoms with van der Waals surface area (Å²) in [6.07, 6.45) is 0. The molecule has 2 aromatic heterocycles. The molecule has 0 N–H and O–H groups in total. The van der Waals surface area contributed by atoms with E-state index in [4.69, 9.17) is 28.2 Å². The second-order valence-corrected chi connectivity index (χ2v) is 9.71. The van der Waals surface area contributed by atoms with Gasteiger partial charge >= 0.3 is 0 Å². The van der Waals surface area contributed by atoms with Crippen molar-refractivity contribution in [2.24, 2.45) is 0 Å². The van der Waals surface area contributed by atoms with Crippen molar-refractivity contribution in [1.82, 2.24) is 9.88 Å². The molecular formula is C22H21Cl2N3OS2. The third kappa shape index (κ3) is 4.20. The zero-order chi connectivity index (χ0) is 21.3. The SMILES string of the molecule is CCN(CC)CCN(C(=O)c1sc2ccccc2c1Cl)c1nc2ccc(Cl)cc2s1. The summed E-state index contributed by atoms with van der Waals surface area (Å²) in [6, 6.07) is 13.4. The predicted molar refractivity (Wildman–Crippen MR) is 131 cm³/mol. The predicted octanol–water partition coefficient (Wildman–Crippen LogP) is 6.81. The molecule has 2 heterocycles. The van der Waals surface area contributed by atoms with Gasteiger partial charge in [0.25, 0.3) is 5.91 Å². The normalized spacial score (nSPS) is 11.6. The number of halogens is 2. The molecule has 0 spiro atoms. The molecule has 8 heteroatoms. The van der Waals surface area contributed by atoms with E-state index in [1.807, 2.05) is 42.5 Å². The molecule has 0 bridgehead atoms. The van der Waals surface area contributed by atoms with Crippen molar-refractivity contribution < 1.29 is 4.79 Å². The van der Waals surface area contributed by atoms with Gasteiger partial charge in [-0.05, 0) is 37.4 Å². The monoisotopic (exact) mass is 477 g/mol. The summed E-state index contributed by atoms with van der Waals surface area (Å²) in [5, 5.41) is 2.74. The minimum Gasteiger partial charge on any atom is -0.302 e. The molecule has 30 heavy (non-hydrogen) atoms. The third-order valence-electron chi connectivity index (χ3n) is 5.08. The van der Waals surface area contributed by atoms with E-state index in [1.54, 1.807) is 4.90 Å². The first-order valence-corrected chi connectivity index (χ1v) is 12.2. The Morgan fingerprint density at radius 3 is 2.50 bits per heavy atom. The average Bonchev–Trinajstić information content (AvgIpc) is 3.32. The molecule has 0 fully saturated rings. The van der Waals surface area contributed by atoms with Crippen LogP contribution >= 0.6 is 45.9 Å². The number of hydrogen-bond donors (Lipinski definition) is 0. The van der Waals surface area contributed by atoms with E-state index in [2.05, 4.69) is 18.7 Å². The van der Waals surface area contributed by atoms with Gasteiger partial charge in [0.15, 0.2) is 5.13 Å². The lowest BCUT2D eigenvalue weighted by Crippen LogP contribution is -2.38. The zero-order valence-corrected chi connectivity index (χ0v) is 19.8. The molecule has 0 atom stereocenters. The molecule has 0 aliphatic rings. The van der Waals surface area contributed by atoms with Crippen molar-refractivity contribution in [3.05, 3.63) is 57.4 Å². The van der Waals surface area contributed by atoms with Gasteiger partial charge in [0, 0.05) is 28.2 Å². The minimum atomic E-state index is -0.112. The molecule has 0 aliphatic heterocycles.